The fourth-order valence-corrected chi connectivity index (χ4v) is 3.51. The number of para-hydroxylation sites is 1. The monoisotopic (exact) mass is 362 g/mol. The van der Waals surface area contributed by atoms with E-state index in [1.54, 1.807) is 0 Å². The van der Waals surface area contributed by atoms with Gasteiger partial charge in [0.05, 0.1) is 0 Å². The Labute approximate surface area is 159 Å². The number of nitrogens with one attached hydrogen (secondary N) is 1. The van der Waals surface area contributed by atoms with E-state index in [2.05, 4.69) is 90.2 Å². The summed E-state index contributed by atoms with van der Waals surface area (Å²) in [6.07, 6.45) is 0. The summed E-state index contributed by atoms with van der Waals surface area (Å²) in [4.78, 5) is 4.56. The van der Waals surface area contributed by atoms with Crippen molar-refractivity contribution in [1.82, 2.24) is 14.7 Å². The second-order valence-electron chi connectivity index (χ2n) is 8.07. The summed E-state index contributed by atoms with van der Waals surface area (Å²) < 4.78 is 7.83. The molecule has 0 aliphatic rings. The average Bonchev–Trinajstić information content (AvgIpc) is 3.24. The van der Waals surface area contributed by atoms with E-state index in [0.29, 0.717) is 5.89 Å². The van der Waals surface area contributed by atoms with E-state index in [4.69, 9.17) is 4.52 Å². The van der Waals surface area contributed by atoms with Gasteiger partial charge >= 0.3 is 0 Å². The van der Waals surface area contributed by atoms with Gasteiger partial charge in [0.25, 0.3) is 0 Å². The molecule has 0 saturated carbocycles. The van der Waals surface area contributed by atoms with Crippen LogP contribution < -0.4 is 5.32 Å². The molecule has 2 aromatic heterocycles. The quantitative estimate of drug-likeness (QED) is 0.508. The highest BCUT2D eigenvalue weighted by atomic mass is 16.5. The van der Waals surface area contributed by atoms with Crippen molar-refractivity contribution in [2.75, 3.05) is 5.32 Å². The average molecular weight is 362 g/mol. The molecule has 0 amide bonds. The molecule has 4 rings (SSSR count). The van der Waals surface area contributed by atoms with Crippen molar-refractivity contribution in [3.05, 3.63) is 54.2 Å². The van der Waals surface area contributed by atoms with Crippen molar-refractivity contribution >= 4 is 27.5 Å². The molecule has 1 unspecified atom stereocenters. The van der Waals surface area contributed by atoms with Crippen molar-refractivity contribution in [1.29, 1.82) is 0 Å². The van der Waals surface area contributed by atoms with E-state index in [1.165, 1.54) is 21.8 Å². The maximum Gasteiger partial charge on any atom is 0.248 e. The molecule has 1 atom stereocenters. The van der Waals surface area contributed by atoms with Gasteiger partial charge < -0.3 is 14.4 Å². The third-order valence-electron chi connectivity index (χ3n) is 4.95. The summed E-state index contributed by atoms with van der Waals surface area (Å²) in [7, 11) is 0. The zero-order valence-corrected chi connectivity index (χ0v) is 16.6. The molecular weight excluding hydrogens is 336 g/mol. The second kappa shape index (κ2) is 6.41. The van der Waals surface area contributed by atoms with Gasteiger partial charge in [0.1, 0.15) is 6.04 Å². The highest BCUT2D eigenvalue weighted by Gasteiger charge is 2.23. The summed E-state index contributed by atoms with van der Waals surface area (Å²) in [6.45, 7) is 11.4. The molecule has 0 radical (unpaired) electrons. The van der Waals surface area contributed by atoms with Crippen LogP contribution in [0.5, 0.6) is 0 Å². The van der Waals surface area contributed by atoms with E-state index in [0.717, 1.165) is 18.1 Å². The molecule has 1 N–H and O–H groups in total. The van der Waals surface area contributed by atoms with E-state index in [-0.39, 0.29) is 11.5 Å². The van der Waals surface area contributed by atoms with Gasteiger partial charge in [-0.3, -0.25) is 0 Å². The zero-order chi connectivity index (χ0) is 19.2. The van der Waals surface area contributed by atoms with Gasteiger partial charge in [0.2, 0.25) is 5.89 Å². The number of aryl methyl sites for hydroxylation is 1. The molecule has 5 nitrogen and oxygen atoms in total. The molecule has 27 heavy (non-hydrogen) atoms. The number of nitrogens with zero attached hydrogens (tertiary/aromatic N) is 3. The minimum Gasteiger partial charge on any atom is -0.374 e. The van der Waals surface area contributed by atoms with Crippen LogP contribution in [0.1, 0.15) is 52.4 Å². The molecule has 4 aromatic rings. The minimum atomic E-state index is -0.123. The van der Waals surface area contributed by atoms with E-state index >= 15 is 0 Å². The fraction of sp³-hybridized carbons (Fsp3) is 0.364. The van der Waals surface area contributed by atoms with Crippen molar-refractivity contribution in [2.24, 2.45) is 0 Å². The number of anilines is 1. The first-order valence-electron chi connectivity index (χ1n) is 9.50. The molecule has 0 aliphatic heterocycles. The first-order valence-corrected chi connectivity index (χ1v) is 9.50. The van der Waals surface area contributed by atoms with Crippen molar-refractivity contribution in [3.63, 3.8) is 0 Å². The second-order valence-corrected chi connectivity index (χ2v) is 8.07. The Morgan fingerprint density at radius 1 is 1.07 bits per heavy atom. The number of fused-ring (bicyclic) bond motifs is 3. The first kappa shape index (κ1) is 17.6. The Hall–Kier alpha value is -2.82. The third-order valence-corrected chi connectivity index (χ3v) is 4.95. The highest BCUT2D eigenvalue weighted by Crippen LogP contribution is 2.32. The maximum absolute atomic E-state index is 5.48. The van der Waals surface area contributed by atoms with Gasteiger partial charge in [-0.2, -0.15) is 4.98 Å². The van der Waals surface area contributed by atoms with Crippen LogP contribution in [0.3, 0.4) is 0 Å². The standard InChI is InChI=1S/C22H26N4O/c1-6-26-18-10-8-7-9-16(18)17-13-15(11-12-19(17)26)23-14(2)20-24-21(25-27-20)22(3,4)5/h7-14,23H,6H2,1-5H3. The van der Waals surface area contributed by atoms with Crippen LogP contribution in [0.25, 0.3) is 21.8 Å². The molecule has 140 valence electrons. The largest absolute Gasteiger partial charge is 0.374 e. The molecule has 0 spiro atoms. The van der Waals surface area contributed by atoms with Gasteiger partial charge in [0.15, 0.2) is 5.82 Å². The predicted octanol–water partition coefficient (Wildman–Crippen LogP) is 5.67. The Bertz CT molecular complexity index is 1100. The normalized spacial score (nSPS) is 13.4. The summed E-state index contributed by atoms with van der Waals surface area (Å²) >= 11 is 0. The smallest absolute Gasteiger partial charge is 0.248 e. The molecule has 0 fully saturated rings. The SMILES string of the molecule is CCn1c2ccccc2c2cc(NC(C)c3nc(C(C)(C)C)no3)ccc21. The van der Waals surface area contributed by atoms with Crippen molar-refractivity contribution in [3.8, 4) is 0 Å². The van der Waals surface area contributed by atoms with Gasteiger partial charge in [-0.05, 0) is 38.1 Å². The molecular formula is C22H26N4O. The van der Waals surface area contributed by atoms with Gasteiger partial charge in [-0.1, -0.05) is 44.1 Å². The topological polar surface area (TPSA) is 55.9 Å². The van der Waals surface area contributed by atoms with Crippen molar-refractivity contribution in [2.45, 2.75) is 52.6 Å². The number of rotatable bonds is 4. The van der Waals surface area contributed by atoms with Gasteiger partial charge in [-0.15, -0.1) is 0 Å². The lowest BCUT2D eigenvalue weighted by Gasteiger charge is -2.13. The van der Waals surface area contributed by atoms with Crippen LogP contribution in [0.2, 0.25) is 0 Å². The molecule has 2 heterocycles. The Morgan fingerprint density at radius 3 is 2.52 bits per heavy atom. The van der Waals surface area contributed by atoms with E-state index in [9.17, 15) is 0 Å². The zero-order valence-electron chi connectivity index (χ0n) is 16.6. The summed E-state index contributed by atoms with van der Waals surface area (Å²) in [5.41, 5.74) is 3.45. The summed E-state index contributed by atoms with van der Waals surface area (Å²) in [5.74, 6) is 1.34. The summed E-state index contributed by atoms with van der Waals surface area (Å²) in [5, 5.41) is 10.2. The molecule has 0 bridgehead atoms. The Balaban J connectivity index is 1.68. The molecule has 5 heteroatoms. The minimum absolute atomic E-state index is 0.0643. The molecule has 2 aromatic carbocycles. The third kappa shape index (κ3) is 3.07. The predicted molar refractivity (Wildman–Crippen MR) is 110 cm³/mol. The van der Waals surface area contributed by atoms with E-state index in [1.807, 2.05) is 6.92 Å². The number of aromatic nitrogens is 3. The maximum atomic E-state index is 5.48. The lowest BCUT2D eigenvalue weighted by molar-refractivity contribution is 0.354. The number of benzene rings is 2. The summed E-state index contributed by atoms with van der Waals surface area (Å²) in [6, 6.07) is 15.0. The molecule has 0 saturated heterocycles. The van der Waals surface area contributed by atoms with Crippen LogP contribution in [-0.2, 0) is 12.0 Å². The molecule has 0 aliphatic carbocycles. The van der Waals surface area contributed by atoms with Crippen LogP contribution in [0.4, 0.5) is 5.69 Å². The van der Waals surface area contributed by atoms with E-state index < -0.39 is 0 Å². The van der Waals surface area contributed by atoms with Crippen LogP contribution in [-0.4, -0.2) is 14.7 Å². The van der Waals surface area contributed by atoms with Crippen molar-refractivity contribution < 1.29 is 4.52 Å². The van der Waals surface area contributed by atoms with Crippen LogP contribution >= 0.6 is 0 Å². The number of hydrogen-bond acceptors (Lipinski definition) is 4. The lowest BCUT2D eigenvalue weighted by Crippen LogP contribution is -2.14. The Kier molecular flexibility index (Phi) is 4.17. The lowest BCUT2D eigenvalue weighted by atomic mass is 9.96. The Morgan fingerprint density at radius 2 is 1.81 bits per heavy atom. The van der Waals surface area contributed by atoms with Gasteiger partial charge in [-0.25, -0.2) is 0 Å². The first-order chi connectivity index (χ1) is 12.9. The van der Waals surface area contributed by atoms with Gasteiger partial charge in [0, 0.05) is 39.5 Å². The highest BCUT2D eigenvalue weighted by molar-refractivity contribution is 6.09. The fourth-order valence-electron chi connectivity index (χ4n) is 3.51. The van der Waals surface area contributed by atoms with Crippen LogP contribution in [0, 0.1) is 0 Å². The van der Waals surface area contributed by atoms with Crippen LogP contribution in [0.15, 0.2) is 47.0 Å². The number of hydrogen-bond donors (Lipinski definition) is 1.